The Hall–Kier alpha value is -2.98. The first-order valence-corrected chi connectivity index (χ1v) is 8.68. The first-order chi connectivity index (χ1) is 13.3. The highest BCUT2D eigenvalue weighted by molar-refractivity contribution is 5.91. The molecular formula is C17H21F3N6O2. The molecule has 0 unspecified atom stereocenters. The summed E-state index contributed by atoms with van der Waals surface area (Å²) in [6.45, 7) is 1.48. The van der Waals surface area contributed by atoms with Gasteiger partial charge in [0.2, 0.25) is 0 Å². The number of carbonyl (C=O) groups is 1. The van der Waals surface area contributed by atoms with Crippen LogP contribution in [0.2, 0.25) is 0 Å². The number of nitrogens with one attached hydrogen (secondary N) is 2. The largest absolute Gasteiger partial charge is 0.494 e. The van der Waals surface area contributed by atoms with Gasteiger partial charge in [-0.2, -0.15) is 18.3 Å². The first-order valence-electron chi connectivity index (χ1n) is 8.68. The fraction of sp³-hybridized carbons (Fsp3) is 0.471. The first kappa shape index (κ1) is 19.8. The molecule has 2 amide bonds. The molecule has 28 heavy (non-hydrogen) atoms. The van der Waals surface area contributed by atoms with Gasteiger partial charge in [0.1, 0.15) is 17.1 Å². The predicted octanol–water partition coefficient (Wildman–Crippen LogP) is 2.63. The highest BCUT2D eigenvalue weighted by atomic mass is 19.4. The number of anilines is 2. The standard InChI is InChI=1S/C17H21F3N6O2/c1-25-10-12(7-22-25)26-5-3-4-11(9-26)23-16(27)24-13-8-21-15(17(18,19)20)6-14(13)28-2/h6-8,10-11H,3-5,9H2,1-2H3,(H2,23,24,27)/t11-/m1/s1. The average molecular weight is 398 g/mol. The Balaban J connectivity index is 1.62. The van der Waals surface area contributed by atoms with E-state index < -0.39 is 17.9 Å². The zero-order chi connectivity index (χ0) is 20.3. The van der Waals surface area contributed by atoms with Crippen molar-refractivity contribution in [2.75, 3.05) is 30.4 Å². The van der Waals surface area contributed by atoms with Crippen LogP contribution in [0.25, 0.3) is 0 Å². The Kier molecular flexibility index (Phi) is 5.61. The number of methoxy groups -OCH3 is 1. The third-order valence-electron chi connectivity index (χ3n) is 4.44. The van der Waals surface area contributed by atoms with Crippen molar-refractivity contribution in [1.29, 1.82) is 0 Å². The van der Waals surface area contributed by atoms with Crippen LogP contribution in [0.1, 0.15) is 18.5 Å². The highest BCUT2D eigenvalue weighted by Crippen LogP contribution is 2.33. The second-order valence-electron chi connectivity index (χ2n) is 6.52. The van der Waals surface area contributed by atoms with Crippen molar-refractivity contribution in [2.45, 2.75) is 25.1 Å². The van der Waals surface area contributed by atoms with Crippen molar-refractivity contribution >= 4 is 17.4 Å². The molecule has 1 atom stereocenters. The summed E-state index contributed by atoms with van der Waals surface area (Å²) >= 11 is 0. The minimum Gasteiger partial charge on any atom is -0.494 e. The Morgan fingerprint density at radius 1 is 1.36 bits per heavy atom. The van der Waals surface area contributed by atoms with Gasteiger partial charge in [0, 0.05) is 38.4 Å². The van der Waals surface area contributed by atoms with Crippen molar-refractivity contribution in [3.05, 3.63) is 30.4 Å². The van der Waals surface area contributed by atoms with E-state index in [0.717, 1.165) is 37.3 Å². The maximum atomic E-state index is 12.8. The molecule has 3 heterocycles. The maximum absolute atomic E-state index is 12.8. The van der Waals surface area contributed by atoms with Crippen LogP contribution in [0.15, 0.2) is 24.7 Å². The summed E-state index contributed by atoms with van der Waals surface area (Å²) in [5, 5.41) is 9.50. The fourth-order valence-corrected chi connectivity index (χ4v) is 3.10. The summed E-state index contributed by atoms with van der Waals surface area (Å²) in [6.07, 6.45) is 1.70. The minimum atomic E-state index is -4.59. The van der Waals surface area contributed by atoms with Gasteiger partial charge in [0.25, 0.3) is 0 Å². The molecule has 0 bridgehead atoms. The predicted molar refractivity (Wildman–Crippen MR) is 96.4 cm³/mol. The van der Waals surface area contributed by atoms with Crippen LogP contribution in [0.3, 0.4) is 0 Å². The molecule has 0 spiro atoms. The Bertz CT molecular complexity index is 839. The van der Waals surface area contributed by atoms with Crippen molar-refractivity contribution in [2.24, 2.45) is 7.05 Å². The fourth-order valence-electron chi connectivity index (χ4n) is 3.10. The maximum Gasteiger partial charge on any atom is 0.433 e. The number of hydrogen-bond acceptors (Lipinski definition) is 5. The number of aryl methyl sites for hydroxylation is 1. The zero-order valence-electron chi connectivity index (χ0n) is 15.5. The smallest absolute Gasteiger partial charge is 0.433 e. The van der Waals surface area contributed by atoms with E-state index in [1.54, 1.807) is 10.9 Å². The van der Waals surface area contributed by atoms with E-state index in [9.17, 15) is 18.0 Å². The average Bonchev–Trinajstić information content (AvgIpc) is 3.07. The molecule has 1 saturated heterocycles. The van der Waals surface area contributed by atoms with Crippen molar-refractivity contribution in [3.63, 3.8) is 0 Å². The topological polar surface area (TPSA) is 84.3 Å². The third kappa shape index (κ3) is 4.65. The van der Waals surface area contributed by atoms with Gasteiger partial charge >= 0.3 is 12.2 Å². The number of aromatic nitrogens is 3. The van der Waals surface area contributed by atoms with Crippen LogP contribution in [0, 0.1) is 0 Å². The van der Waals surface area contributed by atoms with Crippen LogP contribution in [-0.4, -0.2) is 47.0 Å². The van der Waals surface area contributed by atoms with Crippen LogP contribution < -0.4 is 20.3 Å². The highest BCUT2D eigenvalue weighted by Gasteiger charge is 2.33. The van der Waals surface area contributed by atoms with Gasteiger partial charge in [-0.1, -0.05) is 0 Å². The second-order valence-corrected chi connectivity index (χ2v) is 6.52. The van der Waals surface area contributed by atoms with Gasteiger partial charge in [-0.05, 0) is 12.8 Å². The molecule has 2 aromatic rings. The molecule has 2 N–H and O–H groups in total. The number of pyridine rings is 1. The van der Waals surface area contributed by atoms with E-state index in [1.807, 2.05) is 13.2 Å². The van der Waals surface area contributed by atoms with Gasteiger partial charge in [-0.25, -0.2) is 9.78 Å². The number of nitrogens with zero attached hydrogens (tertiary/aromatic N) is 4. The molecule has 11 heteroatoms. The van der Waals surface area contributed by atoms with Crippen LogP contribution in [-0.2, 0) is 13.2 Å². The molecule has 8 nitrogen and oxygen atoms in total. The van der Waals surface area contributed by atoms with Crippen LogP contribution in [0.5, 0.6) is 5.75 Å². The number of halogens is 3. The van der Waals surface area contributed by atoms with E-state index in [4.69, 9.17) is 4.74 Å². The second kappa shape index (κ2) is 7.95. The van der Waals surface area contributed by atoms with Crippen molar-refractivity contribution in [1.82, 2.24) is 20.1 Å². The normalized spacial score (nSPS) is 17.3. The van der Waals surface area contributed by atoms with Gasteiger partial charge in [0.15, 0.2) is 0 Å². The lowest BCUT2D eigenvalue weighted by Gasteiger charge is -2.33. The zero-order valence-corrected chi connectivity index (χ0v) is 15.5. The van der Waals surface area contributed by atoms with E-state index in [2.05, 4.69) is 25.6 Å². The summed E-state index contributed by atoms with van der Waals surface area (Å²) < 4.78 is 44.9. The monoisotopic (exact) mass is 398 g/mol. The van der Waals surface area contributed by atoms with Gasteiger partial charge < -0.3 is 20.3 Å². The van der Waals surface area contributed by atoms with Gasteiger partial charge in [-0.15, -0.1) is 0 Å². The van der Waals surface area contributed by atoms with E-state index in [0.29, 0.717) is 6.54 Å². The van der Waals surface area contributed by atoms with E-state index >= 15 is 0 Å². The summed E-state index contributed by atoms with van der Waals surface area (Å²) in [4.78, 5) is 17.8. The number of amides is 2. The third-order valence-corrected chi connectivity index (χ3v) is 4.44. The Labute approximate surface area is 159 Å². The molecule has 0 radical (unpaired) electrons. The SMILES string of the molecule is COc1cc(C(F)(F)F)ncc1NC(=O)N[C@@H]1CCCN(c2cnn(C)c2)C1. The summed E-state index contributed by atoms with van der Waals surface area (Å²) in [6, 6.07) is 0.112. The summed E-state index contributed by atoms with van der Waals surface area (Å²) in [7, 11) is 3.06. The van der Waals surface area contributed by atoms with Gasteiger partial charge in [0.05, 0.1) is 25.2 Å². The number of hydrogen-bond donors (Lipinski definition) is 2. The molecule has 152 valence electrons. The molecule has 0 aromatic carbocycles. The number of alkyl halides is 3. The molecule has 3 rings (SSSR count). The Morgan fingerprint density at radius 3 is 2.79 bits per heavy atom. The summed E-state index contributed by atoms with van der Waals surface area (Å²) in [5.41, 5.74) is -0.0503. The molecular weight excluding hydrogens is 377 g/mol. The minimum absolute atomic E-state index is 0.0629. The molecule has 1 aliphatic heterocycles. The number of rotatable bonds is 4. The molecule has 0 saturated carbocycles. The van der Waals surface area contributed by atoms with E-state index in [1.165, 1.54) is 7.11 Å². The Morgan fingerprint density at radius 2 is 2.14 bits per heavy atom. The van der Waals surface area contributed by atoms with Crippen LogP contribution >= 0.6 is 0 Å². The number of ether oxygens (including phenoxy) is 1. The lowest BCUT2D eigenvalue weighted by Crippen LogP contribution is -2.49. The lowest BCUT2D eigenvalue weighted by atomic mass is 10.1. The lowest BCUT2D eigenvalue weighted by molar-refractivity contribution is -0.141. The van der Waals surface area contributed by atoms with Crippen LogP contribution in [0.4, 0.5) is 29.3 Å². The molecule has 1 fully saturated rings. The molecule has 1 aliphatic rings. The van der Waals surface area contributed by atoms with Crippen molar-refractivity contribution in [3.8, 4) is 5.75 Å². The number of urea groups is 1. The van der Waals surface area contributed by atoms with Crippen molar-refractivity contribution < 1.29 is 22.7 Å². The van der Waals surface area contributed by atoms with E-state index in [-0.39, 0.29) is 17.5 Å². The molecule has 2 aromatic heterocycles. The number of piperidine rings is 1. The molecule has 0 aliphatic carbocycles. The van der Waals surface area contributed by atoms with Gasteiger partial charge in [-0.3, -0.25) is 4.68 Å². The summed E-state index contributed by atoms with van der Waals surface area (Å²) in [5.74, 6) is -0.113. The number of carbonyl (C=O) groups excluding carboxylic acids is 1. The quantitative estimate of drug-likeness (QED) is 0.827.